The summed E-state index contributed by atoms with van der Waals surface area (Å²) in [6, 6.07) is 13.8. The molecule has 0 radical (unpaired) electrons. The fourth-order valence-electron chi connectivity index (χ4n) is 2.44. The van der Waals surface area contributed by atoms with E-state index >= 15 is 0 Å². The molecule has 2 heterocycles. The highest BCUT2D eigenvalue weighted by molar-refractivity contribution is 7.13. The van der Waals surface area contributed by atoms with Gasteiger partial charge in [-0.25, -0.2) is 0 Å². The first-order chi connectivity index (χ1) is 12.5. The molecule has 0 saturated heterocycles. The van der Waals surface area contributed by atoms with Crippen LogP contribution in [0.2, 0.25) is 0 Å². The topological polar surface area (TPSA) is 67.2 Å². The summed E-state index contributed by atoms with van der Waals surface area (Å²) in [5.41, 5.74) is 2.20. The van der Waals surface area contributed by atoms with Crippen LogP contribution in [0.3, 0.4) is 0 Å². The average Bonchev–Trinajstić information content (AvgIpc) is 3.29. The summed E-state index contributed by atoms with van der Waals surface area (Å²) in [6.07, 6.45) is 1.73. The third kappa shape index (κ3) is 4.18. The van der Waals surface area contributed by atoms with E-state index in [2.05, 4.69) is 10.4 Å². The van der Waals surface area contributed by atoms with Crippen LogP contribution in [-0.2, 0) is 11.3 Å². The molecule has 2 amide bonds. The predicted molar refractivity (Wildman–Crippen MR) is 102 cm³/mol. The number of likely N-dealkylation sites (N-methyl/N-ethyl adjacent to an activating group) is 1. The van der Waals surface area contributed by atoms with E-state index in [0.29, 0.717) is 17.8 Å². The molecule has 1 aromatic carbocycles. The Labute approximate surface area is 156 Å². The maximum Gasteiger partial charge on any atom is 0.255 e. The van der Waals surface area contributed by atoms with Crippen LogP contribution >= 0.6 is 11.3 Å². The van der Waals surface area contributed by atoms with Crippen molar-refractivity contribution in [3.63, 3.8) is 0 Å². The van der Waals surface area contributed by atoms with E-state index in [1.165, 1.54) is 16.2 Å². The number of rotatable bonds is 6. The number of carbonyl (C=O) groups excluding carboxylic acids is 2. The second-order valence-electron chi connectivity index (χ2n) is 6.02. The number of aromatic nitrogens is 2. The molecule has 0 aliphatic heterocycles. The van der Waals surface area contributed by atoms with Gasteiger partial charge in [0, 0.05) is 20.3 Å². The molecule has 3 rings (SSSR count). The average molecular weight is 368 g/mol. The van der Waals surface area contributed by atoms with Crippen LogP contribution in [0.5, 0.6) is 0 Å². The Kier molecular flexibility index (Phi) is 5.48. The third-order valence-electron chi connectivity index (χ3n) is 3.85. The van der Waals surface area contributed by atoms with Crippen LogP contribution in [-0.4, -0.2) is 47.1 Å². The molecule has 0 aliphatic rings. The highest BCUT2D eigenvalue weighted by Gasteiger charge is 2.19. The second-order valence-corrected chi connectivity index (χ2v) is 6.97. The summed E-state index contributed by atoms with van der Waals surface area (Å²) < 4.78 is 1.76. The molecule has 2 aromatic heterocycles. The molecule has 134 valence electrons. The summed E-state index contributed by atoms with van der Waals surface area (Å²) in [7, 11) is 3.31. The van der Waals surface area contributed by atoms with Crippen molar-refractivity contribution in [1.29, 1.82) is 0 Å². The van der Waals surface area contributed by atoms with Crippen molar-refractivity contribution in [2.45, 2.75) is 6.54 Å². The van der Waals surface area contributed by atoms with Gasteiger partial charge in [-0.2, -0.15) is 5.10 Å². The van der Waals surface area contributed by atoms with Gasteiger partial charge in [0.2, 0.25) is 5.91 Å². The maximum absolute atomic E-state index is 12.6. The second kappa shape index (κ2) is 7.97. The van der Waals surface area contributed by atoms with E-state index in [1.54, 1.807) is 25.0 Å². The molecule has 3 aromatic rings. The molecule has 26 heavy (non-hydrogen) atoms. The van der Waals surface area contributed by atoms with Crippen molar-refractivity contribution < 1.29 is 9.59 Å². The molecule has 0 saturated carbocycles. The van der Waals surface area contributed by atoms with Gasteiger partial charge in [0.15, 0.2) is 0 Å². The van der Waals surface area contributed by atoms with Gasteiger partial charge in [0.05, 0.1) is 23.5 Å². The summed E-state index contributed by atoms with van der Waals surface area (Å²) in [6.45, 7) is 0.530. The summed E-state index contributed by atoms with van der Waals surface area (Å²) in [5, 5.41) is 9.23. The van der Waals surface area contributed by atoms with E-state index in [0.717, 1.165) is 10.4 Å². The molecule has 0 fully saturated rings. The Bertz CT molecular complexity index is 886. The quantitative estimate of drug-likeness (QED) is 0.727. The zero-order chi connectivity index (χ0) is 18.5. The van der Waals surface area contributed by atoms with Gasteiger partial charge < -0.3 is 10.2 Å². The molecule has 0 aliphatic carbocycles. The van der Waals surface area contributed by atoms with Crippen molar-refractivity contribution in [2.75, 3.05) is 20.6 Å². The summed E-state index contributed by atoms with van der Waals surface area (Å²) in [5.74, 6) is -0.462. The van der Waals surface area contributed by atoms with E-state index in [4.69, 9.17) is 0 Å². The van der Waals surface area contributed by atoms with Gasteiger partial charge >= 0.3 is 0 Å². The van der Waals surface area contributed by atoms with E-state index in [9.17, 15) is 9.59 Å². The van der Waals surface area contributed by atoms with Crippen LogP contribution in [0.4, 0.5) is 0 Å². The molecule has 0 bridgehead atoms. The minimum Gasteiger partial charge on any atom is -0.347 e. The number of hydrogen-bond donors (Lipinski definition) is 1. The van der Waals surface area contributed by atoms with Crippen molar-refractivity contribution in [3.05, 3.63) is 65.2 Å². The van der Waals surface area contributed by atoms with Crippen molar-refractivity contribution in [3.8, 4) is 10.6 Å². The van der Waals surface area contributed by atoms with Crippen molar-refractivity contribution in [2.24, 2.45) is 0 Å². The lowest BCUT2D eigenvalue weighted by atomic mass is 10.2. The standard InChI is InChI=1S/C19H20N4O2S/c1-22(2)17(24)11-20-19(25)15-13-23(12-14-7-4-3-5-8-14)21-18(15)16-9-6-10-26-16/h3-10,13H,11-12H2,1-2H3,(H,20,25). The van der Waals surface area contributed by atoms with Gasteiger partial charge in [-0.1, -0.05) is 36.4 Å². The molecule has 0 unspecified atom stereocenters. The van der Waals surface area contributed by atoms with Gasteiger partial charge in [-0.3, -0.25) is 14.3 Å². The highest BCUT2D eigenvalue weighted by atomic mass is 32.1. The van der Waals surface area contributed by atoms with Crippen molar-refractivity contribution in [1.82, 2.24) is 20.0 Å². The smallest absolute Gasteiger partial charge is 0.255 e. The zero-order valence-electron chi connectivity index (χ0n) is 14.7. The van der Waals surface area contributed by atoms with Gasteiger partial charge in [-0.05, 0) is 17.0 Å². The van der Waals surface area contributed by atoms with Gasteiger partial charge in [0.25, 0.3) is 5.91 Å². The molecule has 0 atom stereocenters. The largest absolute Gasteiger partial charge is 0.347 e. The molecule has 0 spiro atoms. The number of nitrogens with one attached hydrogen (secondary N) is 1. The van der Waals surface area contributed by atoms with Gasteiger partial charge in [-0.15, -0.1) is 11.3 Å². The maximum atomic E-state index is 12.6. The molecule has 7 heteroatoms. The third-order valence-corrected chi connectivity index (χ3v) is 4.72. The molecular formula is C19H20N4O2S. The molecule has 6 nitrogen and oxygen atoms in total. The number of benzene rings is 1. The summed E-state index contributed by atoms with van der Waals surface area (Å²) >= 11 is 1.53. The number of nitrogens with zero attached hydrogens (tertiary/aromatic N) is 3. The minimum absolute atomic E-state index is 0.0421. The SMILES string of the molecule is CN(C)C(=O)CNC(=O)c1cn(Cc2ccccc2)nc1-c1cccs1. The Balaban J connectivity index is 1.85. The zero-order valence-corrected chi connectivity index (χ0v) is 15.5. The number of thiophene rings is 1. The number of hydrogen-bond acceptors (Lipinski definition) is 4. The first-order valence-corrected chi connectivity index (χ1v) is 9.06. The fourth-order valence-corrected chi connectivity index (χ4v) is 3.17. The van der Waals surface area contributed by atoms with Crippen LogP contribution in [0.1, 0.15) is 15.9 Å². The number of amides is 2. The first-order valence-electron chi connectivity index (χ1n) is 8.18. The Hall–Kier alpha value is -2.93. The highest BCUT2D eigenvalue weighted by Crippen LogP contribution is 2.27. The lowest BCUT2D eigenvalue weighted by Crippen LogP contribution is -2.36. The monoisotopic (exact) mass is 368 g/mol. The molecule has 1 N–H and O–H groups in total. The van der Waals surface area contributed by atoms with Crippen LogP contribution in [0.15, 0.2) is 54.0 Å². The Morgan fingerprint density at radius 2 is 1.92 bits per heavy atom. The lowest BCUT2D eigenvalue weighted by Gasteiger charge is -2.10. The van der Waals surface area contributed by atoms with E-state index in [1.807, 2.05) is 47.8 Å². The van der Waals surface area contributed by atoms with Gasteiger partial charge in [0.1, 0.15) is 5.69 Å². The van der Waals surface area contributed by atoms with Crippen LogP contribution in [0.25, 0.3) is 10.6 Å². The predicted octanol–water partition coefficient (Wildman–Crippen LogP) is 2.48. The minimum atomic E-state index is -0.303. The molecular weight excluding hydrogens is 348 g/mol. The van der Waals surface area contributed by atoms with Crippen molar-refractivity contribution >= 4 is 23.2 Å². The Morgan fingerprint density at radius 3 is 2.58 bits per heavy atom. The Morgan fingerprint density at radius 1 is 1.15 bits per heavy atom. The lowest BCUT2D eigenvalue weighted by molar-refractivity contribution is -0.127. The normalized spacial score (nSPS) is 10.5. The van der Waals surface area contributed by atoms with E-state index < -0.39 is 0 Å². The fraction of sp³-hybridized carbons (Fsp3) is 0.211. The first kappa shape index (κ1) is 17.9. The van der Waals surface area contributed by atoms with E-state index in [-0.39, 0.29) is 18.4 Å². The summed E-state index contributed by atoms with van der Waals surface area (Å²) in [4.78, 5) is 26.7. The van der Waals surface area contributed by atoms with Crippen LogP contribution < -0.4 is 5.32 Å². The number of carbonyl (C=O) groups is 2. The van der Waals surface area contributed by atoms with Crippen LogP contribution in [0, 0.1) is 0 Å².